The molecule has 0 saturated carbocycles. The first-order valence-corrected chi connectivity index (χ1v) is 11.9. The van der Waals surface area contributed by atoms with Crippen molar-refractivity contribution in [3.05, 3.63) is 48.8 Å². The van der Waals surface area contributed by atoms with Gasteiger partial charge in [-0.3, -0.25) is 0 Å². The van der Waals surface area contributed by atoms with Crippen LogP contribution in [0.5, 0.6) is 17.2 Å². The van der Waals surface area contributed by atoms with Crippen LogP contribution in [0.25, 0.3) is 17.5 Å². The number of phenolic OH excluding ortho intramolecular Hbond substituents is 1. The second-order valence-electron chi connectivity index (χ2n) is 6.40. The maximum atomic E-state index is 11.9. The molecule has 0 aliphatic heterocycles. The second kappa shape index (κ2) is 10.6. The number of hydrogen-bond donors (Lipinski definition) is 2. The Morgan fingerprint density at radius 3 is 2.38 bits per heavy atom. The van der Waals surface area contributed by atoms with Gasteiger partial charge in [0.2, 0.25) is 0 Å². The molecule has 3 rings (SSSR count). The van der Waals surface area contributed by atoms with Gasteiger partial charge >= 0.3 is 5.97 Å². The standard InChI is InChI=1S/C21H19BrIN3O5S/c1-4-26-19(12-8-13(30-2)10-14(9-12)31-3)24-25-21(26)32-17(20(28)29)7-11-5-15(22)18(27)16(23)6-11/h5-10,27H,4H2,1-3H3,(H,28,29)/b17-7-. The number of nitrogens with zero attached hydrogens (tertiary/aromatic N) is 3. The number of methoxy groups -OCH3 is 2. The van der Waals surface area contributed by atoms with Crippen molar-refractivity contribution in [3.8, 4) is 28.6 Å². The summed E-state index contributed by atoms with van der Waals surface area (Å²) in [4.78, 5) is 12.0. The van der Waals surface area contributed by atoms with Crippen molar-refractivity contribution in [3.63, 3.8) is 0 Å². The molecule has 0 unspecified atom stereocenters. The number of aromatic nitrogens is 3. The van der Waals surface area contributed by atoms with Gasteiger partial charge in [-0.25, -0.2) is 4.79 Å². The van der Waals surface area contributed by atoms with Gasteiger partial charge in [0.05, 0.1) is 22.3 Å². The molecule has 0 aliphatic carbocycles. The third-order valence-electron chi connectivity index (χ3n) is 4.39. The highest BCUT2D eigenvalue weighted by Gasteiger charge is 2.19. The molecule has 0 bridgehead atoms. The molecule has 168 valence electrons. The van der Waals surface area contributed by atoms with Crippen molar-refractivity contribution >= 4 is 62.3 Å². The fourth-order valence-electron chi connectivity index (χ4n) is 2.85. The second-order valence-corrected chi connectivity index (χ2v) is 9.43. The average Bonchev–Trinajstić information content (AvgIpc) is 3.18. The van der Waals surface area contributed by atoms with Gasteiger partial charge in [0, 0.05) is 18.2 Å². The Hall–Kier alpha value is -2.25. The lowest BCUT2D eigenvalue weighted by molar-refractivity contribution is -0.131. The Morgan fingerprint density at radius 1 is 1.19 bits per heavy atom. The first-order valence-electron chi connectivity index (χ1n) is 9.24. The summed E-state index contributed by atoms with van der Waals surface area (Å²) < 4.78 is 13.6. The molecule has 2 aromatic carbocycles. The van der Waals surface area contributed by atoms with Gasteiger partial charge in [-0.1, -0.05) is 0 Å². The molecule has 8 nitrogen and oxygen atoms in total. The monoisotopic (exact) mass is 631 g/mol. The van der Waals surface area contributed by atoms with Crippen LogP contribution in [-0.4, -0.2) is 45.2 Å². The van der Waals surface area contributed by atoms with E-state index in [-0.39, 0.29) is 10.7 Å². The van der Waals surface area contributed by atoms with Gasteiger partial charge in [0.25, 0.3) is 0 Å². The summed E-state index contributed by atoms with van der Waals surface area (Å²) in [5.41, 5.74) is 1.37. The third-order valence-corrected chi connectivity index (χ3v) is 6.82. The van der Waals surface area contributed by atoms with Crippen molar-refractivity contribution in [2.75, 3.05) is 14.2 Å². The molecule has 11 heteroatoms. The predicted octanol–water partition coefficient (Wildman–Crippen LogP) is 5.27. The average molecular weight is 632 g/mol. The van der Waals surface area contributed by atoms with Gasteiger partial charge in [0.15, 0.2) is 11.0 Å². The number of thioether (sulfide) groups is 1. The lowest BCUT2D eigenvalue weighted by Gasteiger charge is -2.10. The van der Waals surface area contributed by atoms with E-state index in [1.807, 2.05) is 46.2 Å². The van der Waals surface area contributed by atoms with Crippen LogP contribution in [0.3, 0.4) is 0 Å². The minimum atomic E-state index is -1.09. The van der Waals surface area contributed by atoms with Crippen molar-refractivity contribution in [1.82, 2.24) is 14.8 Å². The van der Waals surface area contributed by atoms with E-state index in [0.29, 0.717) is 42.6 Å². The molecule has 0 radical (unpaired) electrons. The highest BCUT2D eigenvalue weighted by Crippen LogP contribution is 2.35. The van der Waals surface area contributed by atoms with Crippen LogP contribution in [0.2, 0.25) is 0 Å². The lowest BCUT2D eigenvalue weighted by atomic mass is 10.2. The number of rotatable bonds is 8. The molecule has 1 aromatic heterocycles. The van der Waals surface area contributed by atoms with E-state index in [2.05, 4.69) is 26.1 Å². The zero-order valence-corrected chi connectivity index (χ0v) is 21.9. The Balaban J connectivity index is 2.02. The number of carboxylic acids is 1. The number of hydrogen-bond acceptors (Lipinski definition) is 7. The predicted molar refractivity (Wildman–Crippen MR) is 134 cm³/mol. The van der Waals surface area contributed by atoms with E-state index in [1.54, 1.807) is 32.4 Å². The molecule has 32 heavy (non-hydrogen) atoms. The summed E-state index contributed by atoms with van der Waals surface area (Å²) in [6, 6.07) is 8.74. The van der Waals surface area contributed by atoms with Crippen LogP contribution >= 0.6 is 50.3 Å². The van der Waals surface area contributed by atoms with E-state index in [4.69, 9.17) is 9.47 Å². The van der Waals surface area contributed by atoms with Crippen LogP contribution in [-0.2, 0) is 11.3 Å². The summed E-state index contributed by atoms with van der Waals surface area (Å²) in [6.45, 7) is 2.46. The molecule has 0 spiro atoms. The Kier molecular flexibility index (Phi) is 8.06. The normalized spacial score (nSPS) is 11.5. The van der Waals surface area contributed by atoms with Crippen molar-refractivity contribution in [2.24, 2.45) is 0 Å². The van der Waals surface area contributed by atoms with Gasteiger partial charge in [-0.15, -0.1) is 10.2 Å². The Labute approximate surface area is 210 Å². The zero-order chi connectivity index (χ0) is 23.4. The van der Waals surface area contributed by atoms with E-state index in [0.717, 1.165) is 17.3 Å². The number of halogens is 2. The topological polar surface area (TPSA) is 107 Å². The summed E-state index contributed by atoms with van der Waals surface area (Å²) in [5, 5.41) is 28.6. The van der Waals surface area contributed by atoms with Gasteiger partial charge in [-0.2, -0.15) is 0 Å². The molecule has 0 aliphatic rings. The number of carboxylic acid groups (broad SMARTS) is 1. The molecular formula is C21H19BrIN3O5S. The SMILES string of the molecule is CCn1c(S/C(=C\c2cc(Br)c(O)c(I)c2)C(=O)O)nnc1-c1cc(OC)cc(OC)c1. The number of aliphatic carboxylic acids is 1. The minimum absolute atomic E-state index is 0.0651. The highest BCUT2D eigenvalue weighted by atomic mass is 127. The first-order chi connectivity index (χ1) is 15.3. The van der Waals surface area contributed by atoms with Crippen molar-refractivity contribution < 1.29 is 24.5 Å². The minimum Gasteiger partial charge on any atom is -0.506 e. The molecule has 0 amide bonds. The summed E-state index contributed by atoms with van der Waals surface area (Å²) in [6.07, 6.45) is 1.53. The van der Waals surface area contributed by atoms with Crippen molar-refractivity contribution in [1.29, 1.82) is 0 Å². The lowest BCUT2D eigenvalue weighted by Crippen LogP contribution is -2.03. The molecular weight excluding hydrogens is 613 g/mol. The Bertz CT molecular complexity index is 1150. The van der Waals surface area contributed by atoms with E-state index in [9.17, 15) is 15.0 Å². The molecule has 0 atom stereocenters. The smallest absolute Gasteiger partial charge is 0.342 e. The number of carbonyl (C=O) groups is 1. The van der Waals surface area contributed by atoms with Crippen LogP contribution in [0.15, 0.2) is 44.9 Å². The number of ether oxygens (including phenoxy) is 2. The van der Waals surface area contributed by atoms with Crippen molar-refractivity contribution in [2.45, 2.75) is 18.6 Å². The van der Waals surface area contributed by atoms with Gasteiger partial charge in [-0.05, 0) is 93.1 Å². The fourth-order valence-corrected chi connectivity index (χ4v) is 5.24. The maximum absolute atomic E-state index is 11.9. The van der Waals surface area contributed by atoms with E-state index in [1.165, 1.54) is 6.08 Å². The molecule has 2 N–H and O–H groups in total. The molecule has 3 aromatic rings. The molecule has 0 fully saturated rings. The summed E-state index contributed by atoms with van der Waals surface area (Å²) in [5.74, 6) is 0.801. The van der Waals surface area contributed by atoms with Gasteiger partial charge in [0.1, 0.15) is 22.2 Å². The third kappa shape index (κ3) is 5.38. The van der Waals surface area contributed by atoms with Crippen LogP contribution < -0.4 is 9.47 Å². The largest absolute Gasteiger partial charge is 0.506 e. The zero-order valence-electron chi connectivity index (χ0n) is 17.3. The summed E-state index contributed by atoms with van der Waals surface area (Å²) in [7, 11) is 3.13. The molecule has 1 heterocycles. The van der Waals surface area contributed by atoms with Gasteiger partial charge < -0.3 is 24.3 Å². The highest BCUT2D eigenvalue weighted by molar-refractivity contribution is 14.1. The van der Waals surface area contributed by atoms with Crippen LogP contribution in [0, 0.1) is 3.57 Å². The quantitative estimate of drug-likeness (QED) is 0.197. The number of benzene rings is 2. The number of aromatic hydroxyl groups is 1. The summed E-state index contributed by atoms with van der Waals surface area (Å²) >= 11 is 6.27. The maximum Gasteiger partial charge on any atom is 0.342 e. The fraction of sp³-hybridized carbons (Fsp3) is 0.190. The van der Waals surface area contributed by atoms with E-state index < -0.39 is 5.97 Å². The molecule has 0 saturated heterocycles. The first kappa shape index (κ1) is 24.4. The van der Waals surface area contributed by atoms with Crippen LogP contribution in [0.1, 0.15) is 12.5 Å². The Morgan fingerprint density at radius 2 is 1.84 bits per heavy atom. The number of phenols is 1. The van der Waals surface area contributed by atoms with Crippen LogP contribution in [0.4, 0.5) is 0 Å². The van der Waals surface area contributed by atoms with E-state index >= 15 is 0 Å².